The first-order valence-electron chi connectivity index (χ1n) is 11.8. The number of ether oxygens (including phenoxy) is 2. The molecule has 192 valence electrons. The summed E-state index contributed by atoms with van der Waals surface area (Å²) in [6, 6.07) is 12.4. The van der Waals surface area contributed by atoms with Gasteiger partial charge in [-0.2, -0.15) is 0 Å². The predicted molar refractivity (Wildman–Crippen MR) is 146 cm³/mol. The van der Waals surface area contributed by atoms with E-state index >= 15 is 0 Å². The van der Waals surface area contributed by atoms with E-state index in [1.54, 1.807) is 14.2 Å². The van der Waals surface area contributed by atoms with Crippen molar-refractivity contribution in [2.45, 2.75) is 33.2 Å². The minimum atomic E-state index is -4.00. The van der Waals surface area contributed by atoms with Gasteiger partial charge >= 0.3 is 226 Å². The first kappa shape index (κ1) is 27.0. The van der Waals surface area contributed by atoms with Gasteiger partial charge in [0.15, 0.2) is 0 Å². The van der Waals surface area contributed by atoms with Gasteiger partial charge in [0.2, 0.25) is 0 Å². The number of aryl methyl sites for hydroxylation is 1. The molecule has 7 nitrogen and oxygen atoms in total. The molecule has 1 aliphatic rings. The van der Waals surface area contributed by atoms with Crippen molar-refractivity contribution in [3.05, 3.63) is 57.2 Å². The normalized spacial score (nSPS) is 15.1. The molecule has 4 rings (SSSR count). The van der Waals surface area contributed by atoms with Crippen molar-refractivity contribution in [2.24, 2.45) is 0 Å². The summed E-state index contributed by atoms with van der Waals surface area (Å²) >= 11 is 0.295. The topological polar surface area (TPSA) is 80.0 Å². The monoisotopic (exact) mass is 643 g/mol. The van der Waals surface area contributed by atoms with E-state index in [4.69, 9.17) is 9.47 Å². The van der Waals surface area contributed by atoms with E-state index in [1.165, 1.54) is 29.1 Å². The molecule has 0 unspecified atom stereocenters. The first-order valence-corrected chi connectivity index (χ1v) is 16.8. The Kier molecular flexibility index (Phi) is 8.66. The third kappa shape index (κ3) is 6.08. The summed E-state index contributed by atoms with van der Waals surface area (Å²) in [6.45, 7) is 5.73. The molecule has 0 atom stereocenters. The molecule has 0 bridgehead atoms. The van der Waals surface area contributed by atoms with Gasteiger partial charge in [0.25, 0.3) is 0 Å². The second-order valence-corrected chi connectivity index (χ2v) is 14.3. The summed E-state index contributed by atoms with van der Waals surface area (Å²) in [5, 5.41) is 0. The van der Waals surface area contributed by atoms with Crippen molar-refractivity contribution in [3.63, 3.8) is 0 Å². The van der Waals surface area contributed by atoms with E-state index in [-0.39, 0.29) is 35.2 Å². The number of hydrogen-bond donors (Lipinski definition) is 1. The fraction of sp³-hybridized carbons (Fsp3) is 0.346. The van der Waals surface area contributed by atoms with Crippen LogP contribution in [0.1, 0.15) is 31.3 Å². The number of aromatic nitrogens is 1. The zero-order valence-corrected chi connectivity index (χ0v) is 25.1. The van der Waals surface area contributed by atoms with Gasteiger partial charge in [-0.25, -0.2) is 0 Å². The van der Waals surface area contributed by atoms with Crippen molar-refractivity contribution in [3.8, 4) is 11.5 Å². The summed E-state index contributed by atoms with van der Waals surface area (Å²) in [6.07, 6.45) is 5.81. The van der Waals surface area contributed by atoms with Crippen LogP contribution in [0.4, 0.5) is 5.69 Å². The summed E-state index contributed by atoms with van der Waals surface area (Å²) in [5.41, 5.74) is 3.52. The molecule has 2 aromatic carbocycles. The van der Waals surface area contributed by atoms with Crippen LogP contribution in [0.25, 0.3) is 15.9 Å². The second-order valence-electron chi connectivity index (χ2n) is 8.30. The van der Waals surface area contributed by atoms with Crippen LogP contribution in [0.3, 0.4) is 0 Å². The van der Waals surface area contributed by atoms with E-state index in [0.29, 0.717) is 13.0 Å². The Balaban J connectivity index is 1.72. The number of nitrogens with zero attached hydrogens (tertiary/aromatic N) is 2. The van der Waals surface area contributed by atoms with Gasteiger partial charge in [-0.15, -0.1) is 0 Å². The number of hydrogen-bond acceptors (Lipinski definition) is 5. The predicted octanol–water partition coefficient (Wildman–Crippen LogP) is 2.98. The van der Waals surface area contributed by atoms with E-state index in [2.05, 4.69) is 53.7 Å². The van der Waals surface area contributed by atoms with Crippen molar-refractivity contribution >= 4 is 65.6 Å². The van der Waals surface area contributed by atoms with Crippen LogP contribution in [0.5, 0.6) is 11.5 Å². The molecule has 3 aromatic rings. The van der Waals surface area contributed by atoms with Crippen LogP contribution in [-0.2, 0) is 16.7 Å². The maximum absolute atomic E-state index is 11.3. The van der Waals surface area contributed by atoms with Crippen LogP contribution in [-0.4, -0.2) is 68.9 Å². The molecule has 0 aliphatic carbocycles. The van der Waals surface area contributed by atoms with Gasteiger partial charge in [-0.05, 0) is 0 Å². The number of fused-ring (bicyclic) bond motifs is 2. The zero-order chi connectivity index (χ0) is 25.9. The summed E-state index contributed by atoms with van der Waals surface area (Å²) in [4.78, 5) is 2.37. The molecule has 0 saturated heterocycles. The van der Waals surface area contributed by atoms with Crippen molar-refractivity contribution in [2.75, 3.05) is 31.4 Å². The Morgan fingerprint density at radius 2 is 1.83 bits per heavy atom. The van der Waals surface area contributed by atoms with Crippen LogP contribution in [0.15, 0.2) is 52.6 Å². The van der Waals surface area contributed by atoms with Gasteiger partial charge in [0.1, 0.15) is 0 Å². The van der Waals surface area contributed by atoms with Crippen LogP contribution in [0, 0.1) is 0 Å². The van der Waals surface area contributed by atoms with Crippen LogP contribution < -0.4 is 23.4 Å². The van der Waals surface area contributed by atoms with Crippen molar-refractivity contribution in [1.82, 2.24) is 0 Å². The Bertz CT molecular complexity index is 1430. The molecular weight excluding hydrogens is 610 g/mol. The van der Waals surface area contributed by atoms with Crippen LogP contribution in [0.2, 0.25) is 0 Å². The molecule has 0 radical (unpaired) electrons. The standard InChI is InChI=1S/C26H30N2O5SSe2/c1-5-18(14-25-27(6-2)21-16-19(32-3)8-10-23(21)35-25)15-26-28(12-7-13-34(29,30)31)22-17-20(33-4)9-11-24(22)36-26/h8-11,14-17H,5-7,12-13H2,1-4H3/p+1. The molecule has 0 spiro atoms. The molecule has 1 aromatic heterocycles. The molecule has 2 heterocycles. The van der Waals surface area contributed by atoms with Gasteiger partial charge in [0, 0.05) is 0 Å². The molecule has 36 heavy (non-hydrogen) atoms. The summed E-state index contributed by atoms with van der Waals surface area (Å²) in [5.74, 6) is 1.38. The second kappa shape index (κ2) is 11.5. The van der Waals surface area contributed by atoms with Gasteiger partial charge in [-0.3, -0.25) is 0 Å². The average molecular weight is 642 g/mol. The summed E-state index contributed by atoms with van der Waals surface area (Å²) < 4.78 is 50.1. The number of methoxy groups -OCH3 is 2. The minimum absolute atomic E-state index is 0.0835. The van der Waals surface area contributed by atoms with Gasteiger partial charge in [-0.1, -0.05) is 0 Å². The molecule has 0 fully saturated rings. The van der Waals surface area contributed by atoms with Crippen LogP contribution >= 0.6 is 0 Å². The maximum atomic E-state index is 11.3. The SMILES string of the molecule is CCC(=C\c1[se]c2ccc(OC)cc2[n+]1CCCS(=O)(=O)O)/C=C1/[Se]c2ccc(OC)cc2N1CC. The fourth-order valence-electron chi connectivity index (χ4n) is 4.16. The van der Waals surface area contributed by atoms with E-state index in [0.717, 1.165) is 30.0 Å². The number of benzene rings is 2. The molecule has 10 heteroatoms. The molecule has 0 saturated carbocycles. The number of allylic oxidation sites excluding steroid dienone is 2. The summed E-state index contributed by atoms with van der Waals surface area (Å²) in [7, 11) is -0.657. The van der Waals surface area contributed by atoms with Crippen molar-refractivity contribution < 1.29 is 27.0 Å². The van der Waals surface area contributed by atoms with Gasteiger partial charge < -0.3 is 0 Å². The van der Waals surface area contributed by atoms with Crippen molar-refractivity contribution in [1.29, 1.82) is 0 Å². The molecule has 0 amide bonds. The molecule has 1 aliphatic heterocycles. The van der Waals surface area contributed by atoms with E-state index in [9.17, 15) is 13.0 Å². The zero-order valence-electron chi connectivity index (χ0n) is 20.9. The average Bonchev–Trinajstić information content (AvgIpc) is 3.38. The fourth-order valence-corrected chi connectivity index (χ4v) is 9.53. The number of rotatable bonds is 10. The molecular formula is C26H31N2O5SSe2+. The molecule has 1 N–H and O–H groups in total. The third-order valence-electron chi connectivity index (χ3n) is 6.00. The van der Waals surface area contributed by atoms with E-state index < -0.39 is 10.1 Å². The third-order valence-corrected chi connectivity index (χ3v) is 11.5. The van der Waals surface area contributed by atoms with E-state index in [1.807, 2.05) is 18.2 Å². The Labute approximate surface area is 225 Å². The first-order chi connectivity index (χ1) is 17.3. The number of anilines is 1. The Morgan fingerprint density at radius 3 is 2.50 bits per heavy atom. The Hall–Kier alpha value is -2.06. The van der Waals surface area contributed by atoms with Gasteiger partial charge in [0.05, 0.1) is 0 Å². The Morgan fingerprint density at radius 1 is 1.11 bits per heavy atom. The quantitative estimate of drug-likeness (QED) is 0.209.